The summed E-state index contributed by atoms with van der Waals surface area (Å²) in [6.45, 7) is 0.113. The molecule has 0 bridgehead atoms. The summed E-state index contributed by atoms with van der Waals surface area (Å²) in [5, 5.41) is 10.1. The smallest absolute Gasteiger partial charge is 0.269 e. The van der Waals surface area contributed by atoms with Crippen LogP contribution in [0.4, 0.5) is 0 Å². The molecule has 0 saturated heterocycles. The van der Waals surface area contributed by atoms with Crippen molar-refractivity contribution in [2.24, 2.45) is 11.7 Å². The van der Waals surface area contributed by atoms with Crippen molar-refractivity contribution in [3.8, 4) is 11.5 Å². The van der Waals surface area contributed by atoms with Gasteiger partial charge in [-0.3, -0.25) is 20.4 Å². The standard InChI is InChI=1S/C18H25N3O5/c19-13(8-11-4-2-1-3-5-11)16(22)18(24)21-20-17(23)12-6-7-14-15(9-12)26-10-25-14/h6-7,9,11,13,16,22H,1-5,8,10,19H2,(H,20,23)(H,21,24)/t13-,16?/m1/s1. The fraction of sp³-hybridized carbons (Fsp3) is 0.556. The number of amides is 2. The second-order valence-corrected chi connectivity index (χ2v) is 6.86. The Kier molecular flexibility index (Phi) is 5.95. The summed E-state index contributed by atoms with van der Waals surface area (Å²) in [6, 6.07) is 4.05. The Balaban J connectivity index is 1.47. The molecule has 3 rings (SSSR count). The molecule has 1 saturated carbocycles. The van der Waals surface area contributed by atoms with E-state index in [-0.39, 0.29) is 6.79 Å². The molecule has 1 aromatic rings. The number of fused-ring (bicyclic) bond motifs is 1. The molecule has 2 aliphatic rings. The van der Waals surface area contributed by atoms with Gasteiger partial charge in [0.2, 0.25) is 6.79 Å². The van der Waals surface area contributed by atoms with E-state index < -0.39 is 24.0 Å². The minimum absolute atomic E-state index is 0.113. The van der Waals surface area contributed by atoms with E-state index in [1.54, 1.807) is 12.1 Å². The molecule has 8 heteroatoms. The topological polar surface area (TPSA) is 123 Å². The van der Waals surface area contributed by atoms with Gasteiger partial charge in [-0.05, 0) is 30.5 Å². The first-order valence-electron chi connectivity index (χ1n) is 8.98. The van der Waals surface area contributed by atoms with Crippen LogP contribution in [0.2, 0.25) is 0 Å². The molecule has 2 amide bonds. The van der Waals surface area contributed by atoms with Gasteiger partial charge in [0.15, 0.2) is 11.5 Å². The summed E-state index contributed by atoms with van der Waals surface area (Å²) in [5.41, 5.74) is 10.8. The van der Waals surface area contributed by atoms with Crippen LogP contribution in [-0.4, -0.2) is 35.9 Å². The van der Waals surface area contributed by atoms with Crippen LogP contribution < -0.4 is 26.1 Å². The lowest BCUT2D eigenvalue weighted by Crippen LogP contribution is -2.52. The maximum Gasteiger partial charge on any atom is 0.269 e. The lowest BCUT2D eigenvalue weighted by Gasteiger charge is -2.26. The number of hydrogen-bond acceptors (Lipinski definition) is 6. The number of ether oxygens (including phenoxy) is 2. The molecule has 0 aromatic heterocycles. The lowest BCUT2D eigenvalue weighted by atomic mass is 9.84. The number of rotatable bonds is 5. The van der Waals surface area contributed by atoms with Gasteiger partial charge in [-0.1, -0.05) is 32.1 Å². The van der Waals surface area contributed by atoms with Gasteiger partial charge < -0.3 is 20.3 Å². The van der Waals surface area contributed by atoms with Gasteiger partial charge in [-0.2, -0.15) is 0 Å². The van der Waals surface area contributed by atoms with Gasteiger partial charge >= 0.3 is 0 Å². The number of nitrogens with one attached hydrogen (secondary N) is 2. The van der Waals surface area contributed by atoms with Gasteiger partial charge in [-0.15, -0.1) is 0 Å². The lowest BCUT2D eigenvalue weighted by molar-refractivity contribution is -0.131. The zero-order valence-corrected chi connectivity index (χ0v) is 14.6. The van der Waals surface area contributed by atoms with Gasteiger partial charge in [0.05, 0.1) is 0 Å². The first-order chi connectivity index (χ1) is 12.5. The number of carbonyl (C=O) groups is 2. The summed E-state index contributed by atoms with van der Waals surface area (Å²) < 4.78 is 10.4. The van der Waals surface area contributed by atoms with Crippen LogP contribution in [0.25, 0.3) is 0 Å². The Morgan fingerprint density at radius 2 is 1.88 bits per heavy atom. The molecule has 0 spiro atoms. The van der Waals surface area contributed by atoms with Crippen molar-refractivity contribution in [1.29, 1.82) is 0 Å². The largest absolute Gasteiger partial charge is 0.454 e. The number of benzene rings is 1. The quantitative estimate of drug-likeness (QED) is 0.575. The molecule has 1 fully saturated rings. The predicted octanol–water partition coefficient (Wildman–Crippen LogP) is 0.835. The van der Waals surface area contributed by atoms with Crippen LogP contribution in [-0.2, 0) is 4.79 Å². The minimum atomic E-state index is -1.37. The molecule has 1 heterocycles. The highest BCUT2D eigenvalue weighted by atomic mass is 16.7. The van der Waals surface area contributed by atoms with Crippen molar-refractivity contribution < 1.29 is 24.2 Å². The predicted molar refractivity (Wildman–Crippen MR) is 93.3 cm³/mol. The molecule has 2 atom stereocenters. The summed E-state index contributed by atoms with van der Waals surface area (Å²) in [6.07, 6.45) is 4.99. The van der Waals surface area contributed by atoms with Crippen LogP contribution in [0.1, 0.15) is 48.9 Å². The number of carbonyl (C=O) groups excluding carboxylic acids is 2. The van der Waals surface area contributed by atoms with E-state index in [2.05, 4.69) is 10.9 Å². The van der Waals surface area contributed by atoms with E-state index in [9.17, 15) is 14.7 Å². The molecular formula is C18H25N3O5. The Hall–Kier alpha value is -2.32. The SMILES string of the molecule is N[C@H](CC1CCCCC1)C(O)C(=O)NNC(=O)c1ccc2c(c1)OCO2. The fourth-order valence-corrected chi connectivity index (χ4v) is 3.43. The highest BCUT2D eigenvalue weighted by Crippen LogP contribution is 2.32. The monoisotopic (exact) mass is 363 g/mol. The first-order valence-corrected chi connectivity index (χ1v) is 8.98. The van der Waals surface area contributed by atoms with Gasteiger partial charge in [0, 0.05) is 11.6 Å². The van der Waals surface area contributed by atoms with Crippen LogP contribution in [0.15, 0.2) is 18.2 Å². The second kappa shape index (κ2) is 8.37. The van der Waals surface area contributed by atoms with Gasteiger partial charge in [-0.25, -0.2) is 0 Å². The number of aliphatic hydroxyl groups excluding tert-OH is 1. The van der Waals surface area contributed by atoms with Gasteiger partial charge in [0.1, 0.15) is 6.10 Å². The zero-order chi connectivity index (χ0) is 18.5. The van der Waals surface area contributed by atoms with E-state index in [4.69, 9.17) is 15.2 Å². The molecule has 1 aromatic carbocycles. The van der Waals surface area contributed by atoms with Crippen LogP contribution in [0, 0.1) is 5.92 Å². The Morgan fingerprint density at radius 1 is 1.15 bits per heavy atom. The third kappa shape index (κ3) is 4.44. The first kappa shape index (κ1) is 18.5. The molecule has 5 N–H and O–H groups in total. The minimum Gasteiger partial charge on any atom is -0.454 e. The Bertz CT molecular complexity index is 660. The molecule has 1 aliphatic carbocycles. The van der Waals surface area contributed by atoms with E-state index in [0.29, 0.717) is 29.4 Å². The number of aliphatic hydroxyl groups is 1. The van der Waals surface area contributed by atoms with Crippen molar-refractivity contribution in [1.82, 2.24) is 10.9 Å². The molecule has 1 unspecified atom stereocenters. The van der Waals surface area contributed by atoms with Crippen LogP contribution in [0.5, 0.6) is 11.5 Å². The highest BCUT2D eigenvalue weighted by molar-refractivity contribution is 5.96. The van der Waals surface area contributed by atoms with E-state index in [0.717, 1.165) is 12.8 Å². The average molecular weight is 363 g/mol. The van der Waals surface area contributed by atoms with E-state index >= 15 is 0 Å². The summed E-state index contributed by atoms with van der Waals surface area (Å²) >= 11 is 0. The molecule has 1 aliphatic heterocycles. The van der Waals surface area contributed by atoms with Crippen molar-refractivity contribution >= 4 is 11.8 Å². The maximum atomic E-state index is 12.1. The highest BCUT2D eigenvalue weighted by Gasteiger charge is 2.27. The summed E-state index contributed by atoms with van der Waals surface area (Å²) in [7, 11) is 0. The summed E-state index contributed by atoms with van der Waals surface area (Å²) in [5.74, 6) is 0.240. The second-order valence-electron chi connectivity index (χ2n) is 6.86. The third-order valence-corrected chi connectivity index (χ3v) is 4.94. The van der Waals surface area contributed by atoms with Crippen LogP contribution in [0.3, 0.4) is 0 Å². The van der Waals surface area contributed by atoms with Crippen molar-refractivity contribution in [3.05, 3.63) is 23.8 Å². The number of hydrogen-bond donors (Lipinski definition) is 4. The molecule has 0 radical (unpaired) electrons. The number of nitrogens with two attached hydrogens (primary N) is 1. The molecule has 8 nitrogen and oxygen atoms in total. The molecule has 26 heavy (non-hydrogen) atoms. The fourth-order valence-electron chi connectivity index (χ4n) is 3.43. The molecular weight excluding hydrogens is 338 g/mol. The molecule has 142 valence electrons. The van der Waals surface area contributed by atoms with Crippen LogP contribution >= 0.6 is 0 Å². The summed E-state index contributed by atoms with van der Waals surface area (Å²) in [4.78, 5) is 24.2. The zero-order valence-electron chi connectivity index (χ0n) is 14.6. The Labute approximate surface area is 152 Å². The van der Waals surface area contributed by atoms with E-state index in [1.807, 2.05) is 0 Å². The maximum absolute atomic E-state index is 12.1. The van der Waals surface area contributed by atoms with Crippen molar-refractivity contribution in [2.45, 2.75) is 50.7 Å². The normalized spacial score (nSPS) is 18.8. The third-order valence-electron chi connectivity index (χ3n) is 4.94. The van der Waals surface area contributed by atoms with E-state index in [1.165, 1.54) is 25.3 Å². The number of hydrazine groups is 1. The average Bonchev–Trinajstić information content (AvgIpc) is 3.13. The Morgan fingerprint density at radius 3 is 2.65 bits per heavy atom. The van der Waals surface area contributed by atoms with Crippen molar-refractivity contribution in [3.63, 3.8) is 0 Å². The van der Waals surface area contributed by atoms with Crippen molar-refractivity contribution in [2.75, 3.05) is 6.79 Å². The van der Waals surface area contributed by atoms with Gasteiger partial charge in [0.25, 0.3) is 11.8 Å².